The van der Waals surface area contributed by atoms with Gasteiger partial charge in [-0.15, -0.1) is 0 Å². The molecule has 1 aromatic rings. The van der Waals surface area contributed by atoms with E-state index in [1.54, 1.807) is 7.11 Å². The summed E-state index contributed by atoms with van der Waals surface area (Å²) in [6, 6.07) is 3.94. The largest absolute Gasteiger partial charge is 0.493 e. The van der Waals surface area contributed by atoms with Gasteiger partial charge in [-0.25, -0.2) is 0 Å². The Morgan fingerprint density at radius 1 is 1.37 bits per heavy atom. The highest BCUT2D eigenvalue weighted by Crippen LogP contribution is 2.36. The van der Waals surface area contributed by atoms with Gasteiger partial charge in [0.25, 0.3) is 0 Å². The lowest BCUT2D eigenvalue weighted by Gasteiger charge is -2.14. The van der Waals surface area contributed by atoms with Crippen molar-refractivity contribution in [3.63, 3.8) is 0 Å². The molecule has 0 saturated heterocycles. The first-order valence-corrected chi connectivity index (χ1v) is 7.28. The molecule has 0 unspecified atom stereocenters. The molecular weight excluding hydrogens is 313 g/mol. The van der Waals surface area contributed by atoms with Gasteiger partial charge in [-0.05, 0) is 46.6 Å². The lowest BCUT2D eigenvalue weighted by Crippen LogP contribution is -2.14. The first-order chi connectivity index (χ1) is 9.22. The van der Waals surface area contributed by atoms with Gasteiger partial charge in [0.2, 0.25) is 0 Å². The first kappa shape index (κ1) is 16.2. The van der Waals surface area contributed by atoms with Crippen molar-refractivity contribution >= 4 is 15.9 Å². The van der Waals surface area contributed by atoms with E-state index in [1.807, 2.05) is 12.1 Å². The van der Waals surface area contributed by atoms with E-state index in [-0.39, 0.29) is 6.67 Å². The Hall–Kier alpha value is -0.810. The van der Waals surface area contributed by atoms with Crippen LogP contribution in [0.15, 0.2) is 16.6 Å². The van der Waals surface area contributed by atoms with E-state index in [9.17, 15) is 4.39 Å². The monoisotopic (exact) mass is 333 g/mol. The van der Waals surface area contributed by atoms with Crippen LogP contribution < -0.4 is 14.8 Å². The van der Waals surface area contributed by atoms with Crippen molar-refractivity contribution in [2.45, 2.75) is 26.3 Å². The second-order valence-electron chi connectivity index (χ2n) is 4.18. The molecule has 1 N–H and O–H groups in total. The summed E-state index contributed by atoms with van der Waals surface area (Å²) in [6.07, 6.45) is 1.48. The van der Waals surface area contributed by atoms with Gasteiger partial charge in [-0.3, -0.25) is 4.39 Å². The van der Waals surface area contributed by atoms with Crippen molar-refractivity contribution < 1.29 is 13.9 Å². The van der Waals surface area contributed by atoms with Crippen LogP contribution in [0.3, 0.4) is 0 Å². The van der Waals surface area contributed by atoms with E-state index in [4.69, 9.17) is 9.47 Å². The molecule has 0 aliphatic carbocycles. The second kappa shape index (κ2) is 9.15. The van der Waals surface area contributed by atoms with Crippen molar-refractivity contribution in [2.24, 2.45) is 0 Å². The van der Waals surface area contributed by atoms with Gasteiger partial charge >= 0.3 is 0 Å². The number of hydrogen-bond acceptors (Lipinski definition) is 3. The molecule has 5 heteroatoms. The van der Waals surface area contributed by atoms with E-state index in [0.717, 1.165) is 29.5 Å². The van der Waals surface area contributed by atoms with Gasteiger partial charge in [0, 0.05) is 13.0 Å². The van der Waals surface area contributed by atoms with E-state index in [0.29, 0.717) is 24.5 Å². The van der Waals surface area contributed by atoms with Crippen LogP contribution in [0.1, 0.15) is 25.3 Å². The highest BCUT2D eigenvalue weighted by atomic mass is 79.9. The molecule has 0 bridgehead atoms. The number of methoxy groups -OCH3 is 1. The molecule has 3 nitrogen and oxygen atoms in total. The highest BCUT2D eigenvalue weighted by molar-refractivity contribution is 9.10. The summed E-state index contributed by atoms with van der Waals surface area (Å²) in [5.74, 6) is 1.30. The lowest BCUT2D eigenvalue weighted by molar-refractivity contribution is 0.272. The zero-order valence-corrected chi connectivity index (χ0v) is 13.1. The fourth-order valence-electron chi connectivity index (χ4n) is 1.65. The van der Waals surface area contributed by atoms with Crippen LogP contribution >= 0.6 is 15.9 Å². The van der Waals surface area contributed by atoms with Crippen LogP contribution in [0.25, 0.3) is 0 Å². The van der Waals surface area contributed by atoms with Crippen LogP contribution in [0, 0.1) is 0 Å². The van der Waals surface area contributed by atoms with Gasteiger partial charge < -0.3 is 14.8 Å². The zero-order chi connectivity index (χ0) is 14.1. The van der Waals surface area contributed by atoms with Gasteiger partial charge in [-0.2, -0.15) is 0 Å². The van der Waals surface area contributed by atoms with Gasteiger partial charge in [0.05, 0.1) is 24.9 Å². The minimum absolute atomic E-state index is 0.346. The third-order valence-electron chi connectivity index (χ3n) is 2.57. The number of nitrogens with one attached hydrogen (secondary N) is 1. The predicted molar refractivity (Wildman–Crippen MR) is 78.8 cm³/mol. The molecule has 0 radical (unpaired) electrons. The molecule has 0 saturated carbocycles. The topological polar surface area (TPSA) is 30.5 Å². The SMILES string of the molecule is CCCNCc1cc(Br)c(OCCCF)c(OC)c1. The molecule has 0 heterocycles. The predicted octanol–water partition coefficient (Wildman–Crippen LogP) is 3.70. The van der Waals surface area contributed by atoms with E-state index < -0.39 is 0 Å². The molecule has 1 rings (SSSR count). The summed E-state index contributed by atoms with van der Waals surface area (Å²) >= 11 is 3.47. The molecule has 0 spiro atoms. The lowest BCUT2D eigenvalue weighted by atomic mass is 10.2. The van der Waals surface area contributed by atoms with Crippen LogP contribution in [-0.4, -0.2) is 26.9 Å². The van der Waals surface area contributed by atoms with Crippen molar-refractivity contribution in [3.05, 3.63) is 22.2 Å². The fourth-order valence-corrected chi connectivity index (χ4v) is 2.26. The molecule has 0 aromatic heterocycles. The maximum atomic E-state index is 12.1. The first-order valence-electron chi connectivity index (χ1n) is 6.48. The Kier molecular flexibility index (Phi) is 7.82. The molecule has 0 atom stereocenters. The normalized spacial score (nSPS) is 10.5. The summed E-state index contributed by atoms with van der Waals surface area (Å²) < 4.78 is 23.8. The van der Waals surface area contributed by atoms with Crippen molar-refractivity contribution in [2.75, 3.05) is 26.9 Å². The molecule has 19 heavy (non-hydrogen) atoms. The standard InChI is InChI=1S/C14H21BrFNO2/c1-3-6-17-10-11-8-12(15)14(13(9-11)18-2)19-7-4-5-16/h8-9,17H,3-7,10H2,1-2H3. The average molecular weight is 334 g/mol. The number of alkyl halides is 1. The summed E-state index contributed by atoms with van der Waals surface area (Å²) in [5.41, 5.74) is 1.12. The molecule has 0 amide bonds. The number of halogens is 2. The van der Waals surface area contributed by atoms with Crippen molar-refractivity contribution in [3.8, 4) is 11.5 Å². The maximum absolute atomic E-state index is 12.1. The molecule has 0 fully saturated rings. The molecule has 1 aromatic carbocycles. The maximum Gasteiger partial charge on any atom is 0.175 e. The van der Waals surface area contributed by atoms with Crippen molar-refractivity contribution in [1.29, 1.82) is 0 Å². The Morgan fingerprint density at radius 3 is 2.79 bits per heavy atom. The number of rotatable bonds is 9. The number of ether oxygens (including phenoxy) is 2. The van der Waals surface area contributed by atoms with Gasteiger partial charge in [0.15, 0.2) is 11.5 Å². The van der Waals surface area contributed by atoms with Gasteiger partial charge in [0.1, 0.15) is 0 Å². The minimum atomic E-state index is -0.376. The fraction of sp³-hybridized carbons (Fsp3) is 0.571. The number of hydrogen-bond donors (Lipinski definition) is 1. The van der Waals surface area contributed by atoms with Crippen LogP contribution in [0.2, 0.25) is 0 Å². The Bertz CT molecular complexity index is 388. The molecule has 0 aliphatic heterocycles. The van der Waals surface area contributed by atoms with Crippen LogP contribution in [-0.2, 0) is 6.54 Å². The molecule has 0 aliphatic rings. The van der Waals surface area contributed by atoms with E-state index in [1.165, 1.54) is 0 Å². The summed E-state index contributed by atoms with van der Waals surface area (Å²) in [5, 5.41) is 3.33. The molecule has 108 valence electrons. The third kappa shape index (κ3) is 5.37. The van der Waals surface area contributed by atoms with E-state index in [2.05, 4.69) is 28.2 Å². The Morgan fingerprint density at radius 2 is 2.16 bits per heavy atom. The third-order valence-corrected chi connectivity index (χ3v) is 3.16. The summed E-state index contributed by atoms with van der Waals surface area (Å²) in [6.45, 7) is 3.87. The Labute approximate surface area is 122 Å². The second-order valence-corrected chi connectivity index (χ2v) is 5.03. The Balaban J connectivity index is 2.76. The van der Waals surface area contributed by atoms with Crippen LogP contribution in [0.5, 0.6) is 11.5 Å². The zero-order valence-electron chi connectivity index (χ0n) is 11.5. The average Bonchev–Trinajstić information content (AvgIpc) is 2.41. The minimum Gasteiger partial charge on any atom is -0.493 e. The highest BCUT2D eigenvalue weighted by Gasteiger charge is 2.11. The smallest absolute Gasteiger partial charge is 0.175 e. The molecular formula is C14H21BrFNO2. The quantitative estimate of drug-likeness (QED) is 0.699. The summed E-state index contributed by atoms with van der Waals surface area (Å²) in [4.78, 5) is 0. The van der Waals surface area contributed by atoms with Gasteiger partial charge in [-0.1, -0.05) is 6.92 Å². The number of benzene rings is 1. The van der Waals surface area contributed by atoms with Crippen molar-refractivity contribution in [1.82, 2.24) is 5.32 Å². The van der Waals surface area contributed by atoms with E-state index >= 15 is 0 Å². The van der Waals surface area contributed by atoms with Crippen LogP contribution in [0.4, 0.5) is 4.39 Å². The summed E-state index contributed by atoms with van der Waals surface area (Å²) in [7, 11) is 1.60.